The Morgan fingerprint density at radius 3 is 2.75 bits per heavy atom. The quantitative estimate of drug-likeness (QED) is 0.712. The van der Waals surface area contributed by atoms with Crippen molar-refractivity contribution < 1.29 is 9.90 Å². The Hall–Kier alpha value is -1.75. The van der Waals surface area contributed by atoms with Gasteiger partial charge in [0.25, 0.3) is 0 Å². The molecule has 4 N–H and O–H groups in total. The van der Waals surface area contributed by atoms with Crippen LogP contribution in [0.3, 0.4) is 0 Å². The summed E-state index contributed by atoms with van der Waals surface area (Å²) in [5.41, 5.74) is 9.97. The van der Waals surface area contributed by atoms with Crippen LogP contribution in [0.1, 0.15) is 24.8 Å². The number of aryl methyl sites for hydroxylation is 1. The normalized spacial score (nSPS) is 19.6. The smallest absolute Gasteiger partial charge is 0.224 e. The molecule has 5 nitrogen and oxygen atoms in total. The molecule has 1 amide bonds. The fourth-order valence-electron chi connectivity index (χ4n) is 3.07. The average Bonchev–Trinajstić information content (AvgIpc) is 2.47. The van der Waals surface area contributed by atoms with Crippen LogP contribution in [0.15, 0.2) is 12.1 Å². The van der Waals surface area contributed by atoms with Crippen LogP contribution in [-0.2, 0) is 11.2 Å². The molecule has 0 aromatic heterocycles. The van der Waals surface area contributed by atoms with Crippen LogP contribution < -0.4 is 16.0 Å². The predicted octanol–water partition coefficient (Wildman–Crippen LogP) is 1.36. The maximum absolute atomic E-state index is 11.5. The second-order valence-electron chi connectivity index (χ2n) is 5.73. The number of aliphatic hydroxyl groups excluding tert-OH is 1. The number of fused-ring (bicyclic) bond motifs is 1. The number of anilines is 3. The Morgan fingerprint density at radius 2 is 2.05 bits per heavy atom. The Bertz CT molecular complexity index is 522. The maximum Gasteiger partial charge on any atom is 0.224 e. The standard InChI is InChI=1S/C15H21N3O2/c16-12-7-11-1-2-15(20)17-13(11)8-14(12)18-5-3-10(9-19)4-6-18/h7-8,10,19H,1-6,9,16H2,(H,17,20). The van der Waals surface area contributed by atoms with Gasteiger partial charge in [0, 0.05) is 31.8 Å². The van der Waals surface area contributed by atoms with Crippen molar-refractivity contribution in [2.45, 2.75) is 25.7 Å². The topological polar surface area (TPSA) is 78.6 Å². The lowest BCUT2D eigenvalue weighted by Gasteiger charge is -2.34. The van der Waals surface area contributed by atoms with Crippen molar-refractivity contribution in [3.05, 3.63) is 17.7 Å². The van der Waals surface area contributed by atoms with Gasteiger partial charge in [-0.1, -0.05) is 0 Å². The van der Waals surface area contributed by atoms with Gasteiger partial charge in [0.05, 0.1) is 11.4 Å². The number of aliphatic hydroxyl groups is 1. The van der Waals surface area contributed by atoms with E-state index in [9.17, 15) is 9.90 Å². The van der Waals surface area contributed by atoms with Crippen molar-refractivity contribution in [1.82, 2.24) is 0 Å². The van der Waals surface area contributed by atoms with Gasteiger partial charge >= 0.3 is 0 Å². The van der Waals surface area contributed by atoms with Crippen LogP contribution in [0.5, 0.6) is 0 Å². The second-order valence-corrected chi connectivity index (χ2v) is 5.73. The molecule has 1 fully saturated rings. The molecule has 5 heteroatoms. The Labute approximate surface area is 118 Å². The zero-order valence-corrected chi connectivity index (χ0v) is 11.6. The molecule has 0 radical (unpaired) electrons. The minimum Gasteiger partial charge on any atom is -0.397 e. The number of rotatable bonds is 2. The summed E-state index contributed by atoms with van der Waals surface area (Å²) in [5.74, 6) is 0.483. The minimum atomic E-state index is 0.0761. The van der Waals surface area contributed by atoms with Gasteiger partial charge in [-0.25, -0.2) is 0 Å². The largest absolute Gasteiger partial charge is 0.397 e. The molecule has 0 aliphatic carbocycles. The molecule has 1 aromatic rings. The third-order valence-corrected chi connectivity index (χ3v) is 4.36. The molecule has 2 aliphatic heterocycles. The second kappa shape index (κ2) is 5.32. The van der Waals surface area contributed by atoms with Crippen molar-refractivity contribution in [2.75, 3.05) is 35.6 Å². The Kier molecular flexibility index (Phi) is 3.53. The summed E-state index contributed by atoms with van der Waals surface area (Å²) in [7, 11) is 0. The summed E-state index contributed by atoms with van der Waals surface area (Å²) < 4.78 is 0. The van der Waals surface area contributed by atoms with Gasteiger partial charge in [-0.15, -0.1) is 0 Å². The lowest BCUT2D eigenvalue weighted by molar-refractivity contribution is -0.116. The van der Waals surface area contributed by atoms with Crippen molar-refractivity contribution in [1.29, 1.82) is 0 Å². The van der Waals surface area contributed by atoms with Crippen molar-refractivity contribution in [3.63, 3.8) is 0 Å². The first-order chi connectivity index (χ1) is 9.67. The van der Waals surface area contributed by atoms with Crippen LogP contribution in [0.4, 0.5) is 17.1 Å². The molecule has 1 saturated heterocycles. The fourth-order valence-corrected chi connectivity index (χ4v) is 3.07. The Morgan fingerprint density at radius 1 is 1.30 bits per heavy atom. The van der Waals surface area contributed by atoms with E-state index < -0.39 is 0 Å². The van der Waals surface area contributed by atoms with Crippen LogP contribution in [0, 0.1) is 5.92 Å². The van der Waals surface area contributed by atoms with Gasteiger partial charge in [0.2, 0.25) is 5.91 Å². The first-order valence-corrected chi connectivity index (χ1v) is 7.25. The monoisotopic (exact) mass is 275 g/mol. The summed E-state index contributed by atoms with van der Waals surface area (Å²) in [6.45, 7) is 2.08. The molecule has 3 rings (SSSR count). The number of hydrogen-bond acceptors (Lipinski definition) is 4. The van der Waals surface area contributed by atoms with Crippen molar-refractivity contribution in [2.24, 2.45) is 5.92 Å². The molecule has 108 valence electrons. The van der Waals surface area contributed by atoms with E-state index in [0.29, 0.717) is 12.3 Å². The van der Waals surface area contributed by atoms with E-state index in [1.807, 2.05) is 12.1 Å². The minimum absolute atomic E-state index is 0.0761. The van der Waals surface area contributed by atoms with Gasteiger partial charge in [-0.3, -0.25) is 4.79 Å². The number of piperidine rings is 1. The third kappa shape index (κ3) is 2.45. The van der Waals surface area contributed by atoms with Crippen LogP contribution in [-0.4, -0.2) is 30.7 Å². The highest BCUT2D eigenvalue weighted by Crippen LogP contribution is 2.35. The summed E-state index contributed by atoms with van der Waals surface area (Å²) in [5, 5.41) is 12.1. The fraction of sp³-hybridized carbons (Fsp3) is 0.533. The van der Waals surface area contributed by atoms with Gasteiger partial charge in [0.15, 0.2) is 0 Å². The number of benzene rings is 1. The first-order valence-electron chi connectivity index (χ1n) is 7.25. The van der Waals surface area contributed by atoms with E-state index >= 15 is 0 Å². The molecule has 0 unspecified atom stereocenters. The molecule has 2 heterocycles. The first kappa shape index (κ1) is 13.2. The molecular formula is C15H21N3O2. The van der Waals surface area contributed by atoms with Crippen LogP contribution in [0.2, 0.25) is 0 Å². The van der Waals surface area contributed by atoms with E-state index in [1.54, 1.807) is 0 Å². The van der Waals surface area contributed by atoms with E-state index in [2.05, 4.69) is 10.2 Å². The Balaban J connectivity index is 1.83. The van der Waals surface area contributed by atoms with Gasteiger partial charge in [-0.05, 0) is 42.9 Å². The number of nitrogen functional groups attached to an aromatic ring is 1. The van der Waals surface area contributed by atoms with Gasteiger partial charge < -0.3 is 21.1 Å². The lowest BCUT2D eigenvalue weighted by atomic mass is 9.96. The number of carbonyl (C=O) groups excluding carboxylic acids is 1. The predicted molar refractivity (Wildman–Crippen MR) is 79.8 cm³/mol. The highest BCUT2D eigenvalue weighted by atomic mass is 16.3. The summed E-state index contributed by atoms with van der Waals surface area (Å²) in [4.78, 5) is 13.7. The SMILES string of the molecule is Nc1cc2c(cc1N1CCC(CO)CC1)NC(=O)CC2. The molecule has 2 aliphatic rings. The number of hydrogen-bond donors (Lipinski definition) is 3. The zero-order valence-electron chi connectivity index (χ0n) is 11.6. The van der Waals surface area contributed by atoms with Gasteiger partial charge in [0.1, 0.15) is 0 Å². The van der Waals surface area contributed by atoms with E-state index in [-0.39, 0.29) is 12.5 Å². The molecule has 0 saturated carbocycles. The number of carbonyl (C=O) groups is 1. The molecule has 0 bridgehead atoms. The number of nitrogens with two attached hydrogens (primary N) is 1. The molecule has 1 aromatic carbocycles. The highest BCUT2D eigenvalue weighted by molar-refractivity contribution is 5.95. The van der Waals surface area contributed by atoms with E-state index in [0.717, 1.165) is 55.0 Å². The molecule has 0 atom stereocenters. The number of nitrogens with zero attached hydrogens (tertiary/aromatic N) is 1. The summed E-state index contributed by atoms with van der Waals surface area (Å²) in [6, 6.07) is 3.99. The highest BCUT2D eigenvalue weighted by Gasteiger charge is 2.22. The number of nitrogens with one attached hydrogen (secondary N) is 1. The van der Waals surface area contributed by atoms with E-state index in [4.69, 9.17) is 5.73 Å². The van der Waals surface area contributed by atoms with Crippen LogP contribution in [0.25, 0.3) is 0 Å². The van der Waals surface area contributed by atoms with Crippen molar-refractivity contribution in [3.8, 4) is 0 Å². The zero-order chi connectivity index (χ0) is 14.1. The lowest BCUT2D eigenvalue weighted by Crippen LogP contribution is -2.35. The molecule has 20 heavy (non-hydrogen) atoms. The summed E-state index contributed by atoms with van der Waals surface area (Å²) >= 11 is 0. The van der Waals surface area contributed by atoms with Gasteiger partial charge in [-0.2, -0.15) is 0 Å². The average molecular weight is 275 g/mol. The maximum atomic E-state index is 11.5. The van der Waals surface area contributed by atoms with Crippen molar-refractivity contribution >= 4 is 23.0 Å². The van der Waals surface area contributed by atoms with E-state index in [1.165, 1.54) is 0 Å². The third-order valence-electron chi connectivity index (χ3n) is 4.36. The molecular weight excluding hydrogens is 254 g/mol. The summed E-state index contributed by atoms with van der Waals surface area (Å²) in [6.07, 6.45) is 3.27. The number of amides is 1. The molecule has 0 spiro atoms. The van der Waals surface area contributed by atoms with Crippen LogP contribution >= 0.6 is 0 Å².